The van der Waals surface area contributed by atoms with Crippen LogP contribution in [0.3, 0.4) is 0 Å². The Hall–Kier alpha value is -0.450. The first-order chi connectivity index (χ1) is 4.29. The minimum atomic E-state index is 0.225. The lowest BCUT2D eigenvalue weighted by Gasteiger charge is -2.09. The summed E-state index contributed by atoms with van der Waals surface area (Å²) in [5, 5.41) is 1.21. The van der Waals surface area contributed by atoms with Gasteiger partial charge in [-0.1, -0.05) is 0 Å². The number of nitrogens with two attached hydrogens (primary N) is 1. The van der Waals surface area contributed by atoms with Crippen LogP contribution >= 0.6 is 0 Å². The highest BCUT2D eigenvalue weighted by Gasteiger charge is 2.10. The first-order valence-electron chi connectivity index (χ1n) is 2.96. The maximum Gasteiger partial charge on any atom is 0.136 e. The lowest BCUT2D eigenvalue weighted by Crippen LogP contribution is -2.30. The fourth-order valence-corrected chi connectivity index (χ4v) is 0.701. The van der Waals surface area contributed by atoms with Crippen molar-refractivity contribution in [1.82, 2.24) is 5.17 Å². The molecule has 1 rings (SSSR count). The van der Waals surface area contributed by atoms with Crippen molar-refractivity contribution in [1.29, 1.82) is 0 Å². The summed E-state index contributed by atoms with van der Waals surface area (Å²) in [5.74, 6) is 5.48. The first kappa shape index (κ1) is 6.67. The lowest BCUT2D eigenvalue weighted by molar-refractivity contribution is -0.154. The van der Waals surface area contributed by atoms with E-state index in [1.165, 1.54) is 5.17 Å². The number of hydroxylamine groups is 1. The summed E-state index contributed by atoms with van der Waals surface area (Å²) in [4.78, 5) is 15.5. The Labute approximate surface area is 53.5 Å². The average molecular weight is 130 g/mol. The summed E-state index contributed by atoms with van der Waals surface area (Å²) in [6.45, 7) is 0.939. The van der Waals surface area contributed by atoms with E-state index in [0.29, 0.717) is 26.0 Å². The molecule has 0 aromatic carbocycles. The van der Waals surface area contributed by atoms with Crippen LogP contribution in [0, 0.1) is 0 Å². The van der Waals surface area contributed by atoms with Gasteiger partial charge < -0.3 is 0 Å². The number of hydrazine groups is 1. The molecule has 0 aromatic heterocycles. The van der Waals surface area contributed by atoms with Gasteiger partial charge in [-0.25, -0.2) is 5.84 Å². The van der Waals surface area contributed by atoms with Gasteiger partial charge >= 0.3 is 0 Å². The van der Waals surface area contributed by atoms with Crippen LogP contribution < -0.4 is 5.84 Å². The molecule has 0 bridgehead atoms. The second-order valence-corrected chi connectivity index (χ2v) is 2.01. The molecule has 1 heterocycles. The Bertz CT molecular complexity index is 116. The van der Waals surface area contributed by atoms with Crippen LogP contribution in [0.25, 0.3) is 0 Å². The Morgan fingerprint density at radius 3 is 3.11 bits per heavy atom. The molecule has 1 fully saturated rings. The predicted molar refractivity (Wildman–Crippen MR) is 31.1 cm³/mol. The SMILES string of the molecule is NN1CCC(=O)CCO1. The summed E-state index contributed by atoms with van der Waals surface area (Å²) in [6, 6.07) is 0. The van der Waals surface area contributed by atoms with Crippen LogP contribution in [-0.4, -0.2) is 24.1 Å². The van der Waals surface area contributed by atoms with E-state index >= 15 is 0 Å². The highest BCUT2D eigenvalue weighted by atomic mass is 16.7. The molecule has 52 valence electrons. The second-order valence-electron chi connectivity index (χ2n) is 2.01. The van der Waals surface area contributed by atoms with Crippen LogP contribution in [0.2, 0.25) is 0 Å². The minimum Gasteiger partial charge on any atom is -0.300 e. The van der Waals surface area contributed by atoms with Crippen molar-refractivity contribution in [2.75, 3.05) is 13.2 Å². The summed E-state index contributed by atoms with van der Waals surface area (Å²) in [6.07, 6.45) is 1.00. The Morgan fingerprint density at radius 1 is 1.56 bits per heavy atom. The van der Waals surface area contributed by atoms with Crippen molar-refractivity contribution in [2.24, 2.45) is 5.84 Å². The van der Waals surface area contributed by atoms with Gasteiger partial charge in [0.05, 0.1) is 6.61 Å². The number of ketones is 1. The average Bonchev–Trinajstić information content (AvgIpc) is 1.97. The van der Waals surface area contributed by atoms with E-state index in [0.717, 1.165) is 0 Å². The van der Waals surface area contributed by atoms with Gasteiger partial charge in [0, 0.05) is 19.4 Å². The van der Waals surface area contributed by atoms with Gasteiger partial charge in [-0.15, -0.1) is 5.17 Å². The van der Waals surface area contributed by atoms with E-state index in [1.807, 2.05) is 0 Å². The van der Waals surface area contributed by atoms with E-state index in [4.69, 9.17) is 10.7 Å². The monoisotopic (exact) mass is 130 g/mol. The quantitative estimate of drug-likeness (QED) is 0.447. The molecular weight excluding hydrogens is 120 g/mol. The Morgan fingerprint density at radius 2 is 2.33 bits per heavy atom. The smallest absolute Gasteiger partial charge is 0.136 e. The zero-order valence-corrected chi connectivity index (χ0v) is 5.17. The Balaban J connectivity index is 2.34. The number of hydrogen-bond acceptors (Lipinski definition) is 4. The molecule has 0 atom stereocenters. The van der Waals surface area contributed by atoms with Gasteiger partial charge in [0.1, 0.15) is 5.78 Å². The zero-order chi connectivity index (χ0) is 6.69. The number of hydrogen-bond donors (Lipinski definition) is 1. The molecule has 1 saturated heterocycles. The topological polar surface area (TPSA) is 55.6 Å². The summed E-state index contributed by atoms with van der Waals surface area (Å²) in [5.41, 5.74) is 0. The van der Waals surface area contributed by atoms with Gasteiger partial charge in [0.25, 0.3) is 0 Å². The predicted octanol–water partition coefficient (Wildman–Crippen LogP) is -0.543. The van der Waals surface area contributed by atoms with Crippen molar-refractivity contribution < 1.29 is 9.63 Å². The van der Waals surface area contributed by atoms with E-state index < -0.39 is 0 Å². The number of carbonyl (C=O) groups is 1. The highest BCUT2D eigenvalue weighted by molar-refractivity contribution is 5.78. The van der Waals surface area contributed by atoms with Gasteiger partial charge in [0.15, 0.2) is 0 Å². The molecular formula is C5H10N2O2. The number of nitrogens with zero attached hydrogens (tertiary/aromatic N) is 1. The standard InChI is InChI=1S/C5H10N2O2/c6-7-3-1-5(8)2-4-9-7/h1-4,6H2. The fraction of sp³-hybridized carbons (Fsp3) is 0.800. The van der Waals surface area contributed by atoms with E-state index in [-0.39, 0.29) is 5.78 Å². The third-order valence-electron chi connectivity index (χ3n) is 1.25. The molecule has 4 nitrogen and oxygen atoms in total. The van der Waals surface area contributed by atoms with Gasteiger partial charge in [-0.3, -0.25) is 9.63 Å². The molecule has 0 spiro atoms. The molecule has 0 unspecified atom stereocenters. The maximum absolute atomic E-state index is 10.7. The van der Waals surface area contributed by atoms with Crippen molar-refractivity contribution in [3.05, 3.63) is 0 Å². The number of Topliss-reactive ketones (excluding diaryl/α,β-unsaturated/α-hetero) is 1. The van der Waals surface area contributed by atoms with Gasteiger partial charge in [0.2, 0.25) is 0 Å². The molecule has 4 heteroatoms. The molecule has 0 aromatic rings. The van der Waals surface area contributed by atoms with Crippen molar-refractivity contribution in [3.63, 3.8) is 0 Å². The van der Waals surface area contributed by atoms with Crippen LogP contribution in [-0.2, 0) is 9.63 Å². The summed E-state index contributed by atoms with van der Waals surface area (Å²) >= 11 is 0. The molecule has 0 amide bonds. The van der Waals surface area contributed by atoms with E-state index in [9.17, 15) is 4.79 Å². The van der Waals surface area contributed by atoms with E-state index in [1.54, 1.807) is 0 Å². The maximum atomic E-state index is 10.7. The normalized spacial score (nSPS) is 23.9. The first-order valence-corrected chi connectivity index (χ1v) is 2.96. The number of carbonyl (C=O) groups excluding carboxylic acids is 1. The van der Waals surface area contributed by atoms with Gasteiger partial charge in [-0.2, -0.15) is 0 Å². The third kappa shape index (κ3) is 2.09. The number of rotatable bonds is 0. The Kier molecular flexibility index (Phi) is 2.16. The largest absolute Gasteiger partial charge is 0.300 e. The molecule has 2 N–H and O–H groups in total. The molecule has 1 aliphatic rings. The zero-order valence-electron chi connectivity index (χ0n) is 5.17. The molecule has 0 saturated carbocycles. The molecule has 1 aliphatic heterocycles. The summed E-state index contributed by atoms with van der Waals surface area (Å²) < 4.78 is 0. The molecule has 0 radical (unpaired) electrons. The lowest BCUT2D eigenvalue weighted by atomic mass is 10.2. The van der Waals surface area contributed by atoms with Crippen LogP contribution in [0.5, 0.6) is 0 Å². The molecule has 0 aliphatic carbocycles. The van der Waals surface area contributed by atoms with Crippen molar-refractivity contribution >= 4 is 5.78 Å². The second kappa shape index (κ2) is 2.91. The van der Waals surface area contributed by atoms with Crippen molar-refractivity contribution in [2.45, 2.75) is 12.8 Å². The van der Waals surface area contributed by atoms with Crippen LogP contribution in [0.4, 0.5) is 0 Å². The highest BCUT2D eigenvalue weighted by Crippen LogP contribution is 1.98. The molecule has 9 heavy (non-hydrogen) atoms. The van der Waals surface area contributed by atoms with Crippen molar-refractivity contribution in [3.8, 4) is 0 Å². The third-order valence-corrected chi connectivity index (χ3v) is 1.25. The summed E-state index contributed by atoms with van der Waals surface area (Å²) in [7, 11) is 0. The fourth-order valence-electron chi connectivity index (χ4n) is 0.701. The van der Waals surface area contributed by atoms with Gasteiger partial charge in [-0.05, 0) is 0 Å². The minimum absolute atomic E-state index is 0.225. The van der Waals surface area contributed by atoms with Crippen LogP contribution in [0.1, 0.15) is 12.8 Å². The van der Waals surface area contributed by atoms with Crippen LogP contribution in [0.15, 0.2) is 0 Å². The van der Waals surface area contributed by atoms with E-state index in [2.05, 4.69) is 0 Å².